The molecule has 0 aliphatic rings. The number of hydrogen-bond donors (Lipinski definition) is 2. The highest BCUT2D eigenvalue weighted by Crippen LogP contribution is 2.11. The molecule has 20 heavy (non-hydrogen) atoms. The van der Waals surface area contributed by atoms with Crippen molar-refractivity contribution in [2.75, 3.05) is 18.5 Å². The van der Waals surface area contributed by atoms with Crippen LogP contribution in [0, 0.1) is 6.92 Å². The predicted octanol–water partition coefficient (Wildman–Crippen LogP) is 0.830. The Morgan fingerprint density at radius 2 is 2.40 bits per heavy atom. The molecule has 2 heterocycles. The molecule has 0 aliphatic heterocycles. The van der Waals surface area contributed by atoms with Gasteiger partial charge in [0, 0.05) is 18.1 Å². The van der Waals surface area contributed by atoms with Crippen LogP contribution < -0.4 is 15.4 Å². The van der Waals surface area contributed by atoms with Crippen molar-refractivity contribution in [2.45, 2.75) is 19.9 Å². The molecule has 8 nitrogen and oxygen atoms in total. The highest BCUT2D eigenvalue weighted by atomic mass is 32.1. The summed E-state index contributed by atoms with van der Waals surface area (Å²) in [6.45, 7) is 4.37. The van der Waals surface area contributed by atoms with E-state index in [2.05, 4.69) is 30.6 Å². The van der Waals surface area contributed by atoms with E-state index in [1.807, 2.05) is 0 Å². The van der Waals surface area contributed by atoms with Crippen LogP contribution >= 0.6 is 11.3 Å². The lowest BCUT2D eigenvalue weighted by Gasteiger charge is -2.12. The Bertz CT molecular complexity index is 542. The van der Waals surface area contributed by atoms with Gasteiger partial charge in [-0.2, -0.15) is 0 Å². The normalized spacial score (nSPS) is 12.1. The minimum absolute atomic E-state index is 0.140. The zero-order valence-corrected chi connectivity index (χ0v) is 11.9. The first-order valence-electron chi connectivity index (χ1n) is 6.02. The van der Waals surface area contributed by atoms with Gasteiger partial charge in [0.05, 0.1) is 6.04 Å². The first-order valence-corrected chi connectivity index (χ1v) is 6.90. The minimum Gasteiger partial charge on any atom is -0.473 e. The summed E-state index contributed by atoms with van der Waals surface area (Å²) in [5.41, 5.74) is 0.597. The van der Waals surface area contributed by atoms with Crippen molar-refractivity contribution in [3.05, 3.63) is 17.3 Å². The summed E-state index contributed by atoms with van der Waals surface area (Å²) >= 11 is 1.38. The summed E-state index contributed by atoms with van der Waals surface area (Å²) < 4.78 is 9.85. The van der Waals surface area contributed by atoms with Crippen LogP contribution in [0.4, 0.5) is 5.13 Å². The van der Waals surface area contributed by atoms with Crippen molar-refractivity contribution in [2.24, 2.45) is 0 Å². The smallest absolute Gasteiger partial charge is 0.278 e. The second-order valence-electron chi connectivity index (χ2n) is 4.01. The van der Waals surface area contributed by atoms with E-state index in [9.17, 15) is 4.79 Å². The standard InChI is InChI=1S/C11H15N5O3S/c1-7(9(17)14-11-13-4-6-20-11)12-3-5-18-10-8(2)15-19-16-10/h4,6-7,12H,3,5H2,1-2H3,(H,13,14,17)/t7-/m0/s1. The second kappa shape index (κ2) is 6.96. The molecule has 2 rings (SSSR count). The number of carbonyl (C=O) groups is 1. The summed E-state index contributed by atoms with van der Waals surface area (Å²) in [5.74, 6) is 0.228. The molecule has 2 aromatic rings. The zero-order chi connectivity index (χ0) is 14.4. The molecule has 1 atom stereocenters. The van der Waals surface area contributed by atoms with Gasteiger partial charge in [-0.25, -0.2) is 9.61 Å². The molecule has 0 aromatic carbocycles. The minimum atomic E-state index is -0.348. The fraction of sp³-hybridized carbons (Fsp3) is 0.455. The maximum Gasteiger partial charge on any atom is 0.278 e. The fourth-order valence-corrected chi connectivity index (χ4v) is 1.90. The Morgan fingerprint density at radius 1 is 1.55 bits per heavy atom. The Hall–Kier alpha value is -2.00. The van der Waals surface area contributed by atoms with Crippen molar-refractivity contribution in [1.29, 1.82) is 0 Å². The van der Waals surface area contributed by atoms with Crippen LogP contribution in [0.5, 0.6) is 5.88 Å². The molecule has 0 spiro atoms. The first-order chi connectivity index (χ1) is 9.66. The maximum atomic E-state index is 11.8. The summed E-state index contributed by atoms with van der Waals surface area (Å²) in [5, 5.41) is 15.3. The highest BCUT2D eigenvalue weighted by Gasteiger charge is 2.13. The topological polar surface area (TPSA) is 102 Å². The van der Waals surface area contributed by atoms with Gasteiger partial charge in [0.15, 0.2) is 5.13 Å². The summed E-state index contributed by atoms with van der Waals surface area (Å²) in [6.07, 6.45) is 1.64. The number of nitrogens with zero attached hydrogens (tertiary/aromatic N) is 3. The van der Waals surface area contributed by atoms with Crippen molar-refractivity contribution in [1.82, 2.24) is 20.6 Å². The zero-order valence-electron chi connectivity index (χ0n) is 11.1. The third-order valence-electron chi connectivity index (χ3n) is 2.46. The number of nitrogens with one attached hydrogen (secondary N) is 2. The third-order valence-corrected chi connectivity index (χ3v) is 3.15. The quantitative estimate of drug-likeness (QED) is 0.730. The summed E-state index contributed by atoms with van der Waals surface area (Å²) in [7, 11) is 0. The van der Waals surface area contributed by atoms with Crippen LogP contribution in [0.2, 0.25) is 0 Å². The van der Waals surface area contributed by atoms with E-state index < -0.39 is 0 Å². The van der Waals surface area contributed by atoms with Crippen molar-refractivity contribution in [3.63, 3.8) is 0 Å². The van der Waals surface area contributed by atoms with Crippen LogP contribution in [0.3, 0.4) is 0 Å². The van der Waals surface area contributed by atoms with E-state index in [1.54, 1.807) is 25.4 Å². The van der Waals surface area contributed by atoms with Gasteiger partial charge in [0.2, 0.25) is 5.91 Å². The number of aromatic nitrogens is 3. The molecular weight excluding hydrogens is 282 g/mol. The van der Waals surface area contributed by atoms with Crippen LogP contribution in [0.15, 0.2) is 16.2 Å². The van der Waals surface area contributed by atoms with Crippen molar-refractivity contribution >= 4 is 22.4 Å². The number of aryl methyl sites for hydroxylation is 1. The molecule has 0 unspecified atom stereocenters. The molecule has 0 aliphatic carbocycles. The summed E-state index contributed by atoms with van der Waals surface area (Å²) in [4.78, 5) is 15.8. The molecule has 0 saturated heterocycles. The van der Waals surface area contributed by atoms with E-state index >= 15 is 0 Å². The largest absolute Gasteiger partial charge is 0.473 e. The lowest BCUT2D eigenvalue weighted by Crippen LogP contribution is -2.40. The van der Waals surface area contributed by atoms with Crippen LogP contribution in [-0.2, 0) is 4.79 Å². The predicted molar refractivity (Wildman–Crippen MR) is 72.7 cm³/mol. The Labute approximate surface area is 119 Å². The molecule has 0 radical (unpaired) electrons. The van der Waals surface area contributed by atoms with Gasteiger partial charge in [0.1, 0.15) is 12.3 Å². The molecule has 2 N–H and O–H groups in total. The number of anilines is 1. The van der Waals surface area contributed by atoms with Gasteiger partial charge in [-0.05, 0) is 19.0 Å². The number of ether oxygens (including phenoxy) is 1. The van der Waals surface area contributed by atoms with Gasteiger partial charge in [0.25, 0.3) is 5.88 Å². The molecule has 0 saturated carbocycles. The Kier molecular flexibility index (Phi) is 5.02. The van der Waals surface area contributed by atoms with E-state index in [0.717, 1.165) is 0 Å². The number of amides is 1. The third kappa shape index (κ3) is 4.00. The van der Waals surface area contributed by atoms with Gasteiger partial charge in [-0.3, -0.25) is 4.79 Å². The van der Waals surface area contributed by atoms with E-state index in [-0.39, 0.29) is 11.9 Å². The Balaban J connectivity index is 1.66. The lowest BCUT2D eigenvalue weighted by molar-refractivity contribution is -0.117. The van der Waals surface area contributed by atoms with Crippen molar-refractivity contribution < 1.29 is 14.2 Å². The molecule has 0 fully saturated rings. The summed E-state index contributed by atoms with van der Waals surface area (Å²) in [6, 6.07) is -0.348. The molecule has 108 valence electrons. The monoisotopic (exact) mass is 297 g/mol. The average Bonchev–Trinajstić information content (AvgIpc) is 3.06. The lowest BCUT2D eigenvalue weighted by atomic mass is 10.3. The van der Waals surface area contributed by atoms with E-state index in [1.165, 1.54) is 11.3 Å². The Morgan fingerprint density at radius 3 is 3.05 bits per heavy atom. The first kappa shape index (κ1) is 14.4. The SMILES string of the molecule is Cc1nonc1OCCN[C@@H](C)C(=O)Nc1nccs1. The van der Waals surface area contributed by atoms with E-state index in [0.29, 0.717) is 29.9 Å². The molecule has 2 aromatic heterocycles. The number of thiazole rings is 1. The second-order valence-corrected chi connectivity index (χ2v) is 4.90. The van der Waals surface area contributed by atoms with Crippen LogP contribution in [-0.4, -0.2) is 40.4 Å². The number of rotatable bonds is 7. The molecule has 1 amide bonds. The average molecular weight is 297 g/mol. The highest BCUT2D eigenvalue weighted by molar-refractivity contribution is 7.13. The van der Waals surface area contributed by atoms with Gasteiger partial charge in [-0.15, -0.1) is 11.3 Å². The number of hydrogen-bond acceptors (Lipinski definition) is 8. The molecular formula is C11H15N5O3S. The molecule has 0 bridgehead atoms. The van der Waals surface area contributed by atoms with Gasteiger partial charge < -0.3 is 15.4 Å². The van der Waals surface area contributed by atoms with Gasteiger partial charge in [-0.1, -0.05) is 5.16 Å². The van der Waals surface area contributed by atoms with E-state index in [4.69, 9.17) is 4.74 Å². The van der Waals surface area contributed by atoms with Crippen LogP contribution in [0.1, 0.15) is 12.6 Å². The fourth-order valence-electron chi connectivity index (χ4n) is 1.37. The number of carbonyl (C=O) groups excluding carboxylic acids is 1. The van der Waals surface area contributed by atoms with Crippen LogP contribution in [0.25, 0.3) is 0 Å². The molecule has 9 heteroatoms. The van der Waals surface area contributed by atoms with Gasteiger partial charge >= 0.3 is 0 Å². The van der Waals surface area contributed by atoms with Crippen molar-refractivity contribution in [3.8, 4) is 5.88 Å². The maximum absolute atomic E-state index is 11.8.